The number of nitrogens with zero attached hydrogens (tertiary/aromatic N) is 3. The topological polar surface area (TPSA) is 47.9 Å². The second-order valence-electron chi connectivity index (χ2n) is 5.63. The summed E-state index contributed by atoms with van der Waals surface area (Å²) in [6, 6.07) is 8.65. The molecule has 1 heterocycles. The summed E-state index contributed by atoms with van der Waals surface area (Å²) in [4.78, 5) is 12.5. The van der Waals surface area contributed by atoms with Crippen LogP contribution in [-0.2, 0) is 0 Å². The molecule has 0 N–H and O–H groups in total. The zero-order valence-electron chi connectivity index (χ0n) is 12.2. The van der Waals surface area contributed by atoms with Gasteiger partial charge in [0.05, 0.1) is 6.10 Å². The number of halogens is 1. The molecule has 5 heteroatoms. The minimum atomic E-state index is -0.00249. The molecule has 0 spiro atoms. The molecule has 1 aliphatic carbocycles. The van der Waals surface area contributed by atoms with E-state index in [2.05, 4.69) is 27.1 Å². The third-order valence-corrected chi connectivity index (χ3v) is 3.84. The van der Waals surface area contributed by atoms with E-state index in [1.807, 2.05) is 26.0 Å². The Balaban J connectivity index is 1.86. The summed E-state index contributed by atoms with van der Waals surface area (Å²) in [5, 5.41) is 0.152. The fourth-order valence-electron chi connectivity index (χ4n) is 2.37. The van der Waals surface area contributed by atoms with E-state index in [4.69, 9.17) is 16.3 Å². The monoisotopic (exact) mass is 303 g/mol. The number of hydrogen-bond donors (Lipinski definition) is 0. The van der Waals surface area contributed by atoms with Gasteiger partial charge in [0.1, 0.15) is 0 Å². The summed E-state index contributed by atoms with van der Waals surface area (Å²) in [5.74, 6) is 1.27. The van der Waals surface area contributed by atoms with E-state index in [9.17, 15) is 0 Å². The van der Waals surface area contributed by atoms with Crippen LogP contribution in [0.3, 0.4) is 0 Å². The molecule has 0 saturated heterocycles. The second-order valence-corrected chi connectivity index (χ2v) is 5.97. The van der Waals surface area contributed by atoms with Crippen molar-refractivity contribution in [1.29, 1.82) is 0 Å². The smallest absolute Gasteiger partial charge is 0.321 e. The molecule has 4 nitrogen and oxygen atoms in total. The fraction of sp³-hybridized carbons (Fsp3) is 0.438. The lowest BCUT2D eigenvalue weighted by molar-refractivity contribution is 0.222. The predicted octanol–water partition coefficient (Wildman–Crippen LogP) is 4.25. The lowest BCUT2D eigenvalue weighted by Gasteiger charge is -2.25. The molecule has 0 amide bonds. The molecule has 1 fully saturated rings. The van der Waals surface area contributed by atoms with Gasteiger partial charge in [-0.25, -0.2) is 0 Å². The summed E-state index contributed by atoms with van der Waals surface area (Å²) >= 11 is 5.95. The van der Waals surface area contributed by atoms with Gasteiger partial charge >= 0.3 is 6.01 Å². The standard InChI is InChI=1S/C16H18ClN3O/c1-10(2)21-16-19-14(18-15(17)20-16)13-8-6-12(7-9-13)11-4-3-5-11/h6-11H,3-5H2,1-2H3. The van der Waals surface area contributed by atoms with Gasteiger partial charge in [-0.3, -0.25) is 0 Å². The van der Waals surface area contributed by atoms with Crippen LogP contribution in [0.5, 0.6) is 6.01 Å². The van der Waals surface area contributed by atoms with Crippen molar-refractivity contribution in [2.24, 2.45) is 0 Å². The first-order chi connectivity index (χ1) is 10.1. The molecule has 0 radical (unpaired) electrons. The molecule has 1 aromatic heterocycles. The van der Waals surface area contributed by atoms with E-state index >= 15 is 0 Å². The van der Waals surface area contributed by atoms with Crippen LogP contribution in [0, 0.1) is 0 Å². The zero-order chi connectivity index (χ0) is 14.8. The zero-order valence-corrected chi connectivity index (χ0v) is 13.0. The molecule has 0 atom stereocenters. The van der Waals surface area contributed by atoms with Crippen LogP contribution in [0.1, 0.15) is 44.6 Å². The Kier molecular flexibility index (Phi) is 4.06. The number of benzene rings is 1. The maximum Gasteiger partial charge on any atom is 0.321 e. The highest BCUT2D eigenvalue weighted by atomic mass is 35.5. The van der Waals surface area contributed by atoms with Crippen molar-refractivity contribution in [1.82, 2.24) is 15.0 Å². The first kappa shape index (κ1) is 14.3. The highest BCUT2D eigenvalue weighted by Crippen LogP contribution is 2.36. The van der Waals surface area contributed by atoms with Crippen molar-refractivity contribution < 1.29 is 4.74 Å². The molecule has 1 saturated carbocycles. The first-order valence-corrected chi connectivity index (χ1v) is 7.68. The molecule has 2 aromatic rings. The van der Waals surface area contributed by atoms with Crippen LogP contribution in [0.25, 0.3) is 11.4 Å². The highest BCUT2D eigenvalue weighted by molar-refractivity contribution is 6.28. The van der Waals surface area contributed by atoms with E-state index in [0.29, 0.717) is 5.82 Å². The summed E-state index contributed by atoms with van der Waals surface area (Å²) in [5.41, 5.74) is 2.32. The van der Waals surface area contributed by atoms with Gasteiger partial charge in [-0.15, -0.1) is 0 Å². The largest absolute Gasteiger partial charge is 0.461 e. The number of rotatable bonds is 4. The van der Waals surface area contributed by atoms with Crippen LogP contribution in [0.15, 0.2) is 24.3 Å². The second kappa shape index (κ2) is 5.98. The van der Waals surface area contributed by atoms with Gasteiger partial charge in [0.2, 0.25) is 5.28 Å². The first-order valence-electron chi connectivity index (χ1n) is 7.30. The Labute approximate surface area is 129 Å². The maximum absolute atomic E-state index is 5.95. The number of hydrogen-bond acceptors (Lipinski definition) is 4. The van der Waals surface area contributed by atoms with Gasteiger partial charge in [0, 0.05) is 5.56 Å². The van der Waals surface area contributed by atoms with Crippen LogP contribution in [-0.4, -0.2) is 21.1 Å². The fourth-order valence-corrected chi connectivity index (χ4v) is 2.52. The van der Waals surface area contributed by atoms with Crippen molar-refractivity contribution in [3.63, 3.8) is 0 Å². The molecule has 1 aromatic carbocycles. The molecular formula is C16H18ClN3O. The van der Waals surface area contributed by atoms with Gasteiger partial charge in [-0.05, 0) is 49.8 Å². The van der Waals surface area contributed by atoms with E-state index in [1.165, 1.54) is 24.8 Å². The Bertz CT molecular complexity index is 624. The number of aromatic nitrogens is 3. The summed E-state index contributed by atoms with van der Waals surface area (Å²) in [7, 11) is 0. The predicted molar refractivity (Wildman–Crippen MR) is 82.6 cm³/mol. The summed E-state index contributed by atoms with van der Waals surface area (Å²) in [6.07, 6.45) is 3.93. The molecule has 0 bridgehead atoms. The minimum Gasteiger partial charge on any atom is -0.461 e. The average Bonchev–Trinajstić information content (AvgIpc) is 2.36. The molecule has 1 aliphatic rings. The van der Waals surface area contributed by atoms with Crippen molar-refractivity contribution in [3.8, 4) is 17.4 Å². The van der Waals surface area contributed by atoms with Crippen LogP contribution >= 0.6 is 11.6 Å². The maximum atomic E-state index is 5.95. The Morgan fingerprint density at radius 1 is 1.10 bits per heavy atom. The Morgan fingerprint density at radius 2 is 1.81 bits per heavy atom. The summed E-state index contributed by atoms with van der Waals surface area (Å²) < 4.78 is 5.50. The van der Waals surface area contributed by atoms with Gasteiger partial charge < -0.3 is 4.74 Å². The van der Waals surface area contributed by atoms with Crippen molar-refractivity contribution in [2.45, 2.75) is 45.1 Å². The van der Waals surface area contributed by atoms with E-state index in [1.54, 1.807) is 0 Å². The molecule has 21 heavy (non-hydrogen) atoms. The van der Waals surface area contributed by atoms with Crippen LogP contribution in [0.4, 0.5) is 0 Å². The Hall–Kier alpha value is -1.68. The number of ether oxygens (including phenoxy) is 1. The van der Waals surface area contributed by atoms with E-state index in [0.717, 1.165) is 11.5 Å². The molecule has 110 valence electrons. The van der Waals surface area contributed by atoms with E-state index in [-0.39, 0.29) is 17.4 Å². The van der Waals surface area contributed by atoms with Gasteiger partial charge in [-0.1, -0.05) is 30.7 Å². The quantitative estimate of drug-likeness (QED) is 0.847. The molecule has 0 aliphatic heterocycles. The van der Waals surface area contributed by atoms with Gasteiger partial charge in [0.25, 0.3) is 0 Å². The molecular weight excluding hydrogens is 286 g/mol. The summed E-state index contributed by atoms with van der Waals surface area (Å²) in [6.45, 7) is 3.84. The lowest BCUT2D eigenvalue weighted by Crippen LogP contribution is -2.10. The third-order valence-electron chi connectivity index (χ3n) is 3.67. The SMILES string of the molecule is CC(C)Oc1nc(Cl)nc(-c2ccc(C3CCC3)cc2)n1. The van der Waals surface area contributed by atoms with Crippen LogP contribution < -0.4 is 4.74 Å². The van der Waals surface area contributed by atoms with Crippen molar-refractivity contribution in [3.05, 3.63) is 35.1 Å². The third kappa shape index (κ3) is 3.32. The van der Waals surface area contributed by atoms with E-state index < -0.39 is 0 Å². The van der Waals surface area contributed by atoms with Crippen LogP contribution in [0.2, 0.25) is 5.28 Å². The molecule has 0 unspecified atom stereocenters. The van der Waals surface area contributed by atoms with Crippen molar-refractivity contribution >= 4 is 11.6 Å². The Morgan fingerprint density at radius 3 is 2.38 bits per heavy atom. The molecule has 3 rings (SSSR count). The normalized spacial score (nSPS) is 15.0. The highest BCUT2D eigenvalue weighted by Gasteiger charge is 2.19. The van der Waals surface area contributed by atoms with Crippen molar-refractivity contribution in [2.75, 3.05) is 0 Å². The lowest BCUT2D eigenvalue weighted by atomic mass is 9.80. The average molecular weight is 304 g/mol. The van der Waals surface area contributed by atoms with Gasteiger partial charge in [-0.2, -0.15) is 15.0 Å². The van der Waals surface area contributed by atoms with Gasteiger partial charge in [0.15, 0.2) is 5.82 Å². The minimum absolute atomic E-state index is 0.00249.